The van der Waals surface area contributed by atoms with Gasteiger partial charge >= 0.3 is 0 Å². The van der Waals surface area contributed by atoms with Crippen LogP contribution in [-0.4, -0.2) is 24.0 Å². The summed E-state index contributed by atoms with van der Waals surface area (Å²) in [4.78, 5) is 12.2. The molecular formula is C15H18ClNO2. The average molecular weight is 280 g/mol. The molecule has 0 spiro atoms. The number of rotatable bonds is 2. The number of carbonyl (C=O) groups is 1. The third-order valence-corrected chi connectivity index (χ3v) is 4.34. The van der Waals surface area contributed by atoms with Gasteiger partial charge in [-0.3, -0.25) is 4.79 Å². The molecular weight excluding hydrogens is 262 g/mol. The molecule has 1 aliphatic carbocycles. The van der Waals surface area contributed by atoms with Gasteiger partial charge in [-0.05, 0) is 36.8 Å². The van der Waals surface area contributed by atoms with Gasteiger partial charge in [0.2, 0.25) is 5.91 Å². The number of nitrogens with one attached hydrogen (secondary N) is 1. The third kappa shape index (κ3) is 2.63. The zero-order chi connectivity index (χ0) is 13.2. The molecule has 3 nitrogen and oxygen atoms in total. The Kier molecular flexibility index (Phi) is 3.76. The Morgan fingerprint density at radius 2 is 2.16 bits per heavy atom. The third-order valence-electron chi connectivity index (χ3n) is 3.94. The van der Waals surface area contributed by atoms with Gasteiger partial charge in [0.05, 0.1) is 11.4 Å². The van der Waals surface area contributed by atoms with Crippen LogP contribution in [0.15, 0.2) is 24.3 Å². The molecule has 0 bridgehead atoms. The van der Waals surface area contributed by atoms with Gasteiger partial charge in [0.15, 0.2) is 0 Å². The number of benzene rings is 1. The summed E-state index contributed by atoms with van der Waals surface area (Å²) in [5.41, 5.74) is 2.38. The molecule has 0 aromatic heterocycles. The number of ether oxygens (including phenoxy) is 1. The molecule has 1 fully saturated rings. The van der Waals surface area contributed by atoms with Gasteiger partial charge in [0.25, 0.3) is 0 Å². The summed E-state index contributed by atoms with van der Waals surface area (Å²) in [6.07, 6.45) is 3.43. The van der Waals surface area contributed by atoms with E-state index < -0.39 is 0 Å². The quantitative estimate of drug-likeness (QED) is 0.845. The van der Waals surface area contributed by atoms with Crippen molar-refractivity contribution in [3.63, 3.8) is 0 Å². The van der Waals surface area contributed by atoms with Crippen molar-refractivity contribution in [1.82, 2.24) is 5.32 Å². The molecule has 0 saturated carbocycles. The highest BCUT2D eigenvalue weighted by Crippen LogP contribution is 2.34. The minimum atomic E-state index is -0.301. The summed E-state index contributed by atoms with van der Waals surface area (Å²) < 4.78 is 5.52. The summed E-state index contributed by atoms with van der Waals surface area (Å²) in [7, 11) is 0. The van der Waals surface area contributed by atoms with E-state index in [2.05, 4.69) is 11.4 Å². The summed E-state index contributed by atoms with van der Waals surface area (Å²) in [5, 5.41) is 2.99. The summed E-state index contributed by atoms with van der Waals surface area (Å²) in [6, 6.07) is 8.04. The average Bonchev–Trinajstić information content (AvgIpc) is 2.76. The first kappa shape index (κ1) is 12.9. The van der Waals surface area contributed by atoms with Crippen LogP contribution in [0.4, 0.5) is 0 Å². The monoisotopic (exact) mass is 279 g/mol. The van der Waals surface area contributed by atoms with Gasteiger partial charge < -0.3 is 10.1 Å². The van der Waals surface area contributed by atoms with Gasteiger partial charge in [-0.2, -0.15) is 0 Å². The van der Waals surface area contributed by atoms with Crippen molar-refractivity contribution in [1.29, 1.82) is 0 Å². The summed E-state index contributed by atoms with van der Waals surface area (Å²) in [5.74, 6) is -0.0212. The van der Waals surface area contributed by atoms with Crippen molar-refractivity contribution in [2.75, 3.05) is 6.61 Å². The zero-order valence-electron chi connectivity index (χ0n) is 10.8. The maximum Gasteiger partial charge on any atom is 0.249 e. The Labute approximate surface area is 118 Å². The fourth-order valence-corrected chi connectivity index (χ4v) is 3.27. The number of alkyl halides is 1. The van der Waals surface area contributed by atoms with E-state index in [0.717, 1.165) is 31.2 Å². The number of amides is 1. The fraction of sp³-hybridized carbons (Fsp3) is 0.533. The second-order valence-electron chi connectivity index (χ2n) is 5.26. The number of fused-ring (bicyclic) bond motifs is 1. The molecule has 3 atom stereocenters. The summed E-state index contributed by atoms with van der Waals surface area (Å²) in [6.45, 7) is 0.684. The van der Waals surface area contributed by atoms with Crippen molar-refractivity contribution in [3.8, 4) is 0 Å². The van der Waals surface area contributed by atoms with E-state index in [9.17, 15) is 4.79 Å². The zero-order valence-corrected chi connectivity index (χ0v) is 11.5. The lowest BCUT2D eigenvalue weighted by Gasteiger charge is -2.25. The first-order valence-corrected chi connectivity index (χ1v) is 7.33. The van der Waals surface area contributed by atoms with Crippen LogP contribution in [0.25, 0.3) is 0 Å². The standard InChI is InChI=1S/C15H18ClNO2/c16-12-9-10-5-1-2-6-11(10)14(12)17-15(18)13-7-3-4-8-19-13/h1-2,5-6,12-14H,3-4,7-9H2,(H,17,18). The Hall–Kier alpha value is -1.06. The molecule has 1 saturated heterocycles. The largest absolute Gasteiger partial charge is 0.368 e. The molecule has 1 N–H and O–H groups in total. The predicted molar refractivity (Wildman–Crippen MR) is 74.3 cm³/mol. The normalized spacial score (nSPS) is 29.8. The first-order chi connectivity index (χ1) is 9.25. The minimum absolute atomic E-state index is 0.0212. The number of hydrogen-bond acceptors (Lipinski definition) is 2. The maximum absolute atomic E-state index is 12.2. The lowest BCUT2D eigenvalue weighted by molar-refractivity contribution is -0.136. The van der Waals surface area contributed by atoms with Crippen LogP contribution < -0.4 is 5.32 Å². The van der Waals surface area contributed by atoms with Crippen molar-refractivity contribution in [2.45, 2.75) is 43.2 Å². The minimum Gasteiger partial charge on any atom is -0.368 e. The van der Waals surface area contributed by atoms with E-state index in [0.29, 0.717) is 6.61 Å². The molecule has 2 aliphatic rings. The molecule has 0 radical (unpaired) electrons. The van der Waals surface area contributed by atoms with E-state index in [4.69, 9.17) is 16.3 Å². The second kappa shape index (κ2) is 5.51. The highest BCUT2D eigenvalue weighted by atomic mass is 35.5. The number of hydrogen-bond donors (Lipinski definition) is 1. The Morgan fingerprint density at radius 1 is 1.32 bits per heavy atom. The van der Waals surface area contributed by atoms with Gasteiger partial charge in [-0.15, -0.1) is 11.6 Å². The predicted octanol–water partition coefficient (Wildman–Crippen LogP) is 2.58. The van der Waals surface area contributed by atoms with E-state index >= 15 is 0 Å². The SMILES string of the molecule is O=C(NC1c2ccccc2CC1Cl)C1CCCCO1. The molecule has 4 heteroatoms. The van der Waals surface area contributed by atoms with Crippen LogP contribution in [0, 0.1) is 0 Å². The van der Waals surface area contributed by atoms with Crippen LogP contribution >= 0.6 is 11.6 Å². The lowest BCUT2D eigenvalue weighted by atomic mass is 10.1. The first-order valence-electron chi connectivity index (χ1n) is 6.89. The van der Waals surface area contributed by atoms with E-state index in [-0.39, 0.29) is 23.4 Å². The lowest BCUT2D eigenvalue weighted by Crippen LogP contribution is -2.41. The van der Waals surface area contributed by atoms with E-state index in [1.165, 1.54) is 5.56 Å². The highest BCUT2D eigenvalue weighted by Gasteiger charge is 2.34. The second-order valence-corrected chi connectivity index (χ2v) is 5.82. The molecule has 1 heterocycles. The Bertz CT molecular complexity index is 471. The molecule has 1 amide bonds. The van der Waals surface area contributed by atoms with Crippen LogP contribution in [0.5, 0.6) is 0 Å². The summed E-state index contributed by atoms with van der Waals surface area (Å²) >= 11 is 6.37. The molecule has 3 unspecified atom stereocenters. The van der Waals surface area contributed by atoms with Crippen LogP contribution in [0.3, 0.4) is 0 Å². The Balaban J connectivity index is 1.71. The number of carbonyl (C=O) groups excluding carboxylic acids is 1. The van der Waals surface area contributed by atoms with Gasteiger partial charge in [0, 0.05) is 6.61 Å². The van der Waals surface area contributed by atoms with E-state index in [1.54, 1.807) is 0 Å². The van der Waals surface area contributed by atoms with Gasteiger partial charge in [0.1, 0.15) is 6.10 Å². The van der Waals surface area contributed by atoms with Crippen molar-refractivity contribution >= 4 is 17.5 Å². The van der Waals surface area contributed by atoms with E-state index in [1.807, 2.05) is 18.2 Å². The van der Waals surface area contributed by atoms with Crippen LogP contribution in [0.1, 0.15) is 36.4 Å². The Morgan fingerprint density at radius 3 is 2.95 bits per heavy atom. The van der Waals surface area contributed by atoms with Crippen molar-refractivity contribution in [2.24, 2.45) is 0 Å². The van der Waals surface area contributed by atoms with Crippen LogP contribution in [-0.2, 0) is 16.0 Å². The van der Waals surface area contributed by atoms with Crippen molar-refractivity contribution < 1.29 is 9.53 Å². The fourth-order valence-electron chi connectivity index (χ4n) is 2.91. The number of halogens is 1. The van der Waals surface area contributed by atoms with Gasteiger partial charge in [-0.1, -0.05) is 24.3 Å². The maximum atomic E-state index is 12.2. The molecule has 1 aliphatic heterocycles. The van der Waals surface area contributed by atoms with Gasteiger partial charge in [-0.25, -0.2) is 0 Å². The van der Waals surface area contributed by atoms with Crippen LogP contribution in [0.2, 0.25) is 0 Å². The van der Waals surface area contributed by atoms with Crippen molar-refractivity contribution in [3.05, 3.63) is 35.4 Å². The molecule has 1 aromatic rings. The highest BCUT2D eigenvalue weighted by molar-refractivity contribution is 6.21. The molecule has 1 aromatic carbocycles. The molecule has 3 rings (SSSR count). The topological polar surface area (TPSA) is 38.3 Å². The molecule has 19 heavy (non-hydrogen) atoms. The molecule has 102 valence electrons. The smallest absolute Gasteiger partial charge is 0.249 e.